The molecule has 19 heteroatoms. The van der Waals surface area contributed by atoms with Crippen LogP contribution in [0.25, 0.3) is 0 Å². The molecule has 0 aromatic carbocycles. The maximum absolute atomic E-state index is 13.2. The summed E-state index contributed by atoms with van der Waals surface area (Å²) in [6.45, 7) is 7.38. The van der Waals surface area contributed by atoms with Crippen LogP contribution in [0.1, 0.15) is 497 Å². The van der Waals surface area contributed by atoms with E-state index in [1.807, 2.05) is 0 Å². The van der Waals surface area contributed by atoms with Crippen molar-refractivity contribution < 1.29 is 80.2 Å². The Morgan fingerprint density at radius 3 is 0.618 bits per heavy atom. The predicted octanol–water partition coefficient (Wildman–Crippen LogP) is 28.3. The number of phosphoric acid groups is 2. The normalized spacial score (nSPS) is 13.7. The number of rotatable bonds is 91. The molecule has 0 saturated carbocycles. The molecule has 0 aliphatic rings. The van der Waals surface area contributed by atoms with Crippen molar-refractivity contribution in [3.8, 4) is 0 Å². The first-order chi connectivity index (χ1) is 53.5. The van der Waals surface area contributed by atoms with E-state index < -0.39 is 97.5 Å². The molecule has 0 aromatic rings. The number of hydrogen-bond donors (Lipinski definition) is 3. The molecule has 0 saturated heterocycles. The molecule has 0 aromatic heterocycles. The zero-order valence-corrected chi connectivity index (χ0v) is 74.2. The lowest BCUT2D eigenvalue weighted by molar-refractivity contribution is -0.161. The Kier molecular flexibility index (Phi) is 82.1. The van der Waals surface area contributed by atoms with Gasteiger partial charge in [-0.05, 0) is 31.6 Å². The molecule has 0 spiro atoms. The molecule has 0 radical (unpaired) electrons. The molecule has 0 rings (SSSR count). The maximum Gasteiger partial charge on any atom is 0.472 e. The van der Waals surface area contributed by atoms with Gasteiger partial charge in [0.2, 0.25) is 0 Å². The molecule has 17 nitrogen and oxygen atoms in total. The van der Waals surface area contributed by atoms with Crippen LogP contribution in [0.15, 0.2) is 0 Å². The monoisotopic (exact) mass is 1610 g/mol. The van der Waals surface area contributed by atoms with E-state index in [1.54, 1.807) is 0 Å². The summed E-state index contributed by atoms with van der Waals surface area (Å²) in [7, 11) is -9.93. The molecular formula is C91H178O17P2. The summed E-state index contributed by atoms with van der Waals surface area (Å²) < 4.78 is 69.0. The summed E-state index contributed by atoms with van der Waals surface area (Å²) in [5, 5.41) is 10.7. The third-order valence-corrected chi connectivity index (χ3v) is 23.4. The van der Waals surface area contributed by atoms with Crippen LogP contribution in [0, 0.1) is 5.92 Å². The van der Waals surface area contributed by atoms with Gasteiger partial charge < -0.3 is 33.8 Å². The van der Waals surface area contributed by atoms with E-state index in [0.29, 0.717) is 25.7 Å². The Morgan fingerprint density at radius 2 is 0.418 bits per heavy atom. The lowest BCUT2D eigenvalue weighted by Gasteiger charge is -2.21. The number of unbranched alkanes of at least 4 members (excludes halogenated alkanes) is 63. The number of ether oxygens (including phenoxy) is 4. The van der Waals surface area contributed by atoms with Gasteiger partial charge in [-0.3, -0.25) is 37.3 Å². The van der Waals surface area contributed by atoms with E-state index in [1.165, 1.54) is 315 Å². The molecular weight excluding hydrogens is 1430 g/mol. The lowest BCUT2D eigenvalue weighted by Crippen LogP contribution is -2.30. The van der Waals surface area contributed by atoms with E-state index >= 15 is 0 Å². The molecule has 3 N–H and O–H groups in total. The van der Waals surface area contributed by atoms with Gasteiger partial charge in [0.1, 0.15) is 19.3 Å². The Balaban J connectivity index is 5.16. The van der Waals surface area contributed by atoms with Crippen LogP contribution >= 0.6 is 15.6 Å². The quantitative estimate of drug-likeness (QED) is 0.0222. The van der Waals surface area contributed by atoms with E-state index in [2.05, 4.69) is 34.6 Å². The number of aliphatic hydroxyl groups is 1. The summed E-state index contributed by atoms with van der Waals surface area (Å²) in [6, 6.07) is 0. The largest absolute Gasteiger partial charge is 0.472 e. The average Bonchev–Trinajstić information content (AvgIpc) is 0.899. The molecule has 0 bridgehead atoms. The minimum atomic E-state index is -4.97. The number of carbonyl (C=O) groups excluding carboxylic acids is 4. The van der Waals surface area contributed by atoms with Gasteiger partial charge in [0.15, 0.2) is 12.2 Å². The number of phosphoric ester groups is 2. The zero-order chi connectivity index (χ0) is 80.4. The minimum Gasteiger partial charge on any atom is -0.462 e. The maximum atomic E-state index is 13.2. The zero-order valence-electron chi connectivity index (χ0n) is 72.4. The third kappa shape index (κ3) is 84.0. The average molecular weight is 1610 g/mol. The highest BCUT2D eigenvalue weighted by Crippen LogP contribution is 2.45. The van der Waals surface area contributed by atoms with Crippen LogP contribution in [-0.4, -0.2) is 96.7 Å². The van der Waals surface area contributed by atoms with Crippen molar-refractivity contribution in [2.24, 2.45) is 5.92 Å². The Labute approximate surface area is 677 Å². The fourth-order valence-corrected chi connectivity index (χ4v) is 15.9. The number of aliphatic hydroxyl groups excluding tert-OH is 1. The van der Waals surface area contributed by atoms with Gasteiger partial charge in [-0.2, -0.15) is 0 Å². The van der Waals surface area contributed by atoms with Crippen LogP contribution in [0.5, 0.6) is 0 Å². The number of esters is 4. The number of carbonyl (C=O) groups is 4. The Hall–Kier alpha value is -1.94. The van der Waals surface area contributed by atoms with Crippen molar-refractivity contribution in [2.45, 2.75) is 515 Å². The van der Waals surface area contributed by atoms with Gasteiger partial charge in [0.05, 0.1) is 26.4 Å². The summed E-state index contributed by atoms with van der Waals surface area (Å²) in [4.78, 5) is 73.3. The standard InChI is InChI=1S/C91H178O17P2/c1-6-9-12-15-18-21-23-25-27-29-31-33-35-37-39-43-47-51-55-60-65-70-75-89(94)102-81-87(108-91(96)77-71-66-61-56-52-48-44-40-38-36-34-32-30-28-26-24-22-19-16-13-10-7-2)83-106-110(99,100)104-79-85(92)78-103-109(97,98)105-82-86(80-101-88(93)74-69-64-59-20-17-14-11-8-3)107-90(95)76-72-67-62-57-53-49-45-41-42-46-50-54-58-63-68-73-84(4)5/h84-87,92H,6-83H2,1-5H3,(H,97,98)(H,99,100)/t85-,86+,87+/m0/s1. The van der Waals surface area contributed by atoms with Crippen LogP contribution in [-0.2, 0) is 65.4 Å². The van der Waals surface area contributed by atoms with E-state index in [0.717, 1.165) is 102 Å². The fourth-order valence-electron chi connectivity index (χ4n) is 14.4. The molecule has 654 valence electrons. The van der Waals surface area contributed by atoms with Gasteiger partial charge in [-0.1, -0.05) is 446 Å². The fraction of sp³-hybridized carbons (Fsp3) is 0.956. The minimum absolute atomic E-state index is 0.108. The van der Waals surface area contributed by atoms with Crippen LogP contribution in [0.4, 0.5) is 0 Å². The van der Waals surface area contributed by atoms with Crippen LogP contribution in [0.2, 0.25) is 0 Å². The third-order valence-electron chi connectivity index (χ3n) is 21.5. The second kappa shape index (κ2) is 83.5. The van der Waals surface area contributed by atoms with Crippen LogP contribution in [0.3, 0.4) is 0 Å². The highest BCUT2D eigenvalue weighted by molar-refractivity contribution is 7.47. The highest BCUT2D eigenvalue weighted by atomic mass is 31.2. The van der Waals surface area contributed by atoms with Crippen LogP contribution < -0.4 is 0 Å². The smallest absolute Gasteiger partial charge is 0.462 e. The van der Waals surface area contributed by atoms with Gasteiger partial charge in [-0.25, -0.2) is 9.13 Å². The molecule has 0 aliphatic heterocycles. The van der Waals surface area contributed by atoms with Crippen molar-refractivity contribution in [1.82, 2.24) is 0 Å². The topological polar surface area (TPSA) is 237 Å². The molecule has 0 heterocycles. The summed E-state index contributed by atoms with van der Waals surface area (Å²) >= 11 is 0. The van der Waals surface area contributed by atoms with Crippen molar-refractivity contribution in [3.05, 3.63) is 0 Å². The number of hydrogen-bond acceptors (Lipinski definition) is 15. The first kappa shape index (κ1) is 108. The summed E-state index contributed by atoms with van der Waals surface area (Å²) in [5.41, 5.74) is 0. The van der Waals surface area contributed by atoms with Gasteiger partial charge in [0, 0.05) is 25.7 Å². The predicted molar refractivity (Wildman–Crippen MR) is 455 cm³/mol. The Morgan fingerprint density at radius 1 is 0.245 bits per heavy atom. The van der Waals surface area contributed by atoms with E-state index in [-0.39, 0.29) is 25.7 Å². The van der Waals surface area contributed by atoms with Crippen molar-refractivity contribution >= 4 is 39.5 Å². The molecule has 110 heavy (non-hydrogen) atoms. The summed E-state index contributed by atoms with van der Waals surface area (Å²) in [6.07, 6.45) is 79.6. The van der Waals surface area contributed by atoms with Gasteiger partial charge in [-0.15, -0.1) is 0 Å². The second-order valence-electron chi connectivity index (χ2n) is 33.2. The lowest BCUT2D eigenvalue weighted by atomic mass is 10.0. The van der Waals surface area contributed by atoms with Gasteiger partial charge >= 0.3 is 39.5 Å². The molecule has 2 unspecified atom stereocenters. The molecule has 5 atom stereocenters. The van der Waals surface area contributed by atoms with E-state index in [4.69, 9.17) is 37.0 Å². The van der Waals surface area contributed by atoms with E-state index in [9.17, 15) is 43.2 Å². The van der Waals surface area contributed by atoms with Crippen molar-refractivity contribution in [3.63, 3.8) is 0 Å². The molecule has 0 fully saturated rings. The summed E-state index contributed by atoms with van der Waals surface area (Å²) in [5.74, 6) is -1.30. The first-order valence-corrected chi connectivity index (χ1v) is 50.1. The first-order valence-electron chi connectivity index (χ1n) is 47.1. The molecule has 0 amide bonds. The molecule has 0 aliphatic carbocycles. The van der Waals surface area contributed by atoms with Gasteiger partial charge in [0.25, 0.3) is 0 Å². The highest BCUT2D eigenvalue weighted by Gasteiger charge is 2.31. The SMILES string of the molecule is CCCCCCCCCCCCCCCCCCCCCCCCC(=O)OC[C@H](COP(=O)(O)OC[C@@H](O)COP(=O)(O)OC[C@@H](COC(=O)CCCCCCCCCC)OC(=O)CCCCCCCCCCCCCCCCCC(C)C)OC(=O)CCCCCCCCCCCCCCCCCCCCCCCC. The Bertz CT molecular complexity index is 2080. The van der Waals surface area contributed by atoms with Crippen molar-refractivity contribution in [1.29, 1.82) is 0 Å². The van der Waals surface area contributed by atoms with Crippen molar-refractivity contribution in [2.75, 3.05) is 39.6 Å². The second-order valence-corrected chi connectivity index (χ2v) is 36.1.